The average molecular weight is 421 g/mol. The number of anilines is 1. The highest BCUT2D eigenvalue weighted by atomic mass is 16.5. The summed E-state index contributed by atoms with van der Waals surface area (Å²) in [6.07, 6.45) is 1.92. The van der Waals surface area contributed by atoms with Gasteiger partial charge >= 0.3 is 0 Å². The number of nitrogens with zero attached hydrogens (tertiary/aromatic N) is 6. The molecular weight excluding hydrogens is 392 g/mol. The van der Waals surface area contributed by atoms with Crippen LogP contribution >= 0.6 is 0 Å². The molecule has 2 aromatic heterocycles. The van der Waals surface area contributed by atoms with E-state index in [-0.39, 0.29) is 0 Å². The number of aromatic nitrogens is 4. The fourth-order valence-electron chi connectivity index (χ4n) is 4.26. The van der Waals surface area contributed by atoms with Crippen LogP contribution in [0.4, 0.5) is 5.82 Å². The molecule has 2 aliphatic rings. The third kappa shape index (κ3) is 4.60. The van der Waals surface area contributed by atoms with E-state index >= 15 is 0 Å². The third-order valence-corrected chi connectivity index (χ3v) is 6.18. The second kappa shape index (κ2) is 9.11. The first-order valence-corrected chi connectivity index (χ1v) is 11.0. The molecule has 2 saturated heterocycles. The van der Waals surface area contributed by atoms with Crippen LogP contribution in [-0.2, 0) is 11.3 Å². The van der Waals surface area contributed by atoms with Crippen molar-refractivity contribution < 1.29 is 9.15 Å². The molecule has 0 N–H and O–H groups in total. The van der Waals surface area contributed by atoms with Gasteiger partial charge in [-0.3, -0.25) is 4.90 Å². The Morgan fingerprint density at radius 3 is 2.45 bits per heavy atom. The molecule has 0 unspecified atom stereocenters. The normalized spacial score (nSPS) is 18.4. The van der Waals surface area contributed by atoms with E-state index in [1.54, 1.807) is 0 Å². The van der Waals surface area contributed by atoms with Crippen LogP contribution in [0.5, 0.6) is 0 Å². The number of benzene rings is 1. The Morgan fingerprint density at radius 1 is 0.903 bits per heavy atom. The van der Waals surface area contributed by atoms with Crippen LogP contribution in [0.3, 0.4) is 0 Å². The lowest BCUT2D eigenvalue weighted by Gasteiger charge is -2.34. The number of rotatable bonds is 5. The van der Waals surface area contributed by atoms with Crippen LogP contribution < -0.4 is 4.90 Å². The molecule has 1 aromatic carbocycles. The molecule has 162 valence electrons. The van der Waals surface area contributed by atoms with E-state index in [4.69, 9.17) is 9.15 Å². The minimum absolute atomic E-state index is 0.341. The molecule has 0 amide bonds. The van der Waals surface area contributed by atoms with Gasteiger partial charge in [0.25, 0.3) is 0 Å². The highest BCUT2D eigenvalue weighted by Crippen LogP contribution is 2.26. The van der Waals surface area contributed by atoms with Gasteiger partial charge in [-0.05, 0) is 37.5 Å². The highest BCUT2D eigenvalue weighted by molar-refractivity contribution is 5.63. The van der Waals surface area contributed by atoms with Crippen LogP contribution in [0.2, 0.25) is 0 Å². The van der Waals surface area contributed by atoms with Gasteiger partial charge in [-0.25, -0.2) is 0 Å². The van der Waals surface area contributed by atoms with Crippen molar-refractivity contribution in [1.29, 1.82) is 0 Å². The third-order valence-electron chi connectivity index (χ3n) is 6.18. The first-order valence-electron chi connectivity index (χ1n) is 11.0. The highest BCUT2D eigenvalue weighted by Gasteiger charge is 2.24. The van der Waals surface area contributed by atoms with E-state index in [0.717, 1.165) is 75.2 Å². The van der Waals surface area contributed by atoms with Crippen molar-refractivity contribution in [2.45, 2.75) is 32.2 Å². The fourth-order valence-corrected chi connectivity index (χ4v) is 4.26. The maximum Gasteiger partial charge on any atom is 0.230 e. The largest absolute Gasteiger partial charge is 0.424 e. The quantitative estimate of drug-likeness (QED) is 0.623. The fraction of sp³-hybridized carbons (Fsp3) is 0.478. The van der Waals surface area contributed by atoms with Crippen LogP contribution in [0.15, 0.2) is 40.8 Å². The topological polar surface area (TPSA) is 80.4 Å². The Kier molecular flexibility index (Phi) is 5.90. The van der Waals surface area contributed by atoms with E-state index in [9.17, 15) is 0 Å². The standard InChI is InChI=1S/C23H28N6O2/c1-17-4-2-3-5-19(17)20-6-7-21(25-24-20)29-12-10-28(11-13-29)16-22-26-27-23(31-22)18-8-14-30-15-9-18/h2-7,18H,8-16H2,1H3. The number of ether oxygens (including phenoxy) is 1. The predicted molar refractivity (Wildman–Crippen MR) is 117 cm³/mol. The van der Waals surface area contributed by atoms with E-state index in [0.29, 0.717) is 18.4 Å². The van der Waals surface area contributed by atoms with Crippen molar-refractivity contribution in [3.63, 3.8) is 0 Å². The molecule has 2 fully saturated rings. The van der Waals surface area contributed by atoms with E-state index in [1.807, 2.05) is 12.1 Å². The van der Waals surface area contributed by atoms with Gasteiger partial charge in [0, 0.05) is 50.9 Å². The summed E-state index contributed by atoms with van der Waals surface area (Å²) in [4.78, 5) is 4.64. The van der Waals surface area contributed by atoms with Crippen LogP contribution in [-0.4, -0.2) is 64.7 Å². The van der Waals surface area contributed by atoms with Gasteiger partial charge in [0.1, 0.15) is 0 Å². The van der Waals surface area contributed by atoms with Crippen LogP contribution in [0.25, 0.3) is 11.3 Å². The minimum Gasteiger partial charge on any atom is -0.424 e. The molecule has 0 aliphatic carbocycles. The van der Waals surface area contributed by atoms with Gasteiger partial charge < -0.3 is 14.1 Å². The predicted octanol–water partition coefficient (Wildman–Crippen LogP) is 3.05. The molecule has 0 atom stereocenters. The summed E-state index contributed by atoms with van der Waals surface area (Å²) >= 11 is 0. The molecule has 4 heterocycles. The second-order valence-electron chi connectivity index (χ2n) is 8.28. The average Bonchev–Trinajstić information content (AvgIpc) is 3.29. The van der Waals surface area contributed by atoms with Crippen molar-refractivity contribution in [1.82, 2.24) is 25.3 Å². The molecule has 8 heteroatoms. The Labute approximate surface area is 182 Å². The lowest BCUT2D eigenvalue weighted by Crippen LogP contribution is -2.46. The Balaban J connectivity index is 1.15. The smallest absolute Gasteiger partial charge is 0.230 e. The van der Waals surface area contributed by atoms with E-state index in [2.05, 4.69) is 61.4 Å². The van der Waals surface area contributed by atoms with Gasteiger partial charge in [-0.2, -0.15) is 0 Å². The Morgan fingerprint density at radius 2 is 1.71 bits per heavy atom. The lowest BCUT2D eigenvalue weighted by atomic mass is 10.0. The number of hydrogen-bond donors (Lipinski definition) is 0. The maximum absolute atomic E-state index is 5.95. The zero-order chi connectivity index (χ0) is 21.0. The molecule has 0 bridgehead atoms. The zero-order valence-corrected chi connectivity index (χ0v) is 17.9. The Bertz CT molecular complexity index is 991. The summed E-state index contributed by atoms with van der Waals surface area (Å²) < 4.78 is 11.4. The molecule has 0 spiro atoms. The first-order chi connectivity index (χ1) is 15.3. The minimum atomic E-state index is 0.341. The zero-order valence-electron chi connectivity index (χ0n) is 17.9. The summed E-state index contributed by atoms with van der Waals surface area (Å²) in [5.41, 5.74) is 3.25. The van der Waals surface area contributed by atoms with Gasteiger partial charge in [0.05, 0.1) is 12.2 Å². The van der Waals surface area contributed by atoms with Crippen molar-refractivity contribution in [3.8, 4) is 11.3 Å². The molecule has 0 saturated carbocycles. The summed E-state index contributed by atoms with van der Waals surface area (Å²) in [5.74, 6) is 2.74. The second-order valence-corrected chi connectivity index (χ2v) is 8.28. The SMILES string of the molecule is Cc1ccccc1-c1ccc(N2CCN(Cc3nnc(C4CCOCC4)o3)CC2)nn1. The molecule has 0 radical (unpaired) electrons. The van der Waals surface area contributed by atoms with Crippen molar-refractivity contribution >= 4 is 5.82 Å². The van der Waals surface area contributed by atoms with Gasteiger partial charge in [-0.15, -0.1) is 20.4 Å². The summed E-state index contributed by atoms with van der Waals surface area (Å²) in [6, 6.07) is 12.4. The molecule has 2 aliphatic heterocycles. The maximum atomic E-state index is 5.95. The van der Waals surface area contributed by atoms with Crippen LogP contribution in [0, 0.1) is 6.92 Å². The Hall–Kier alpha value is -2.84. The molecular formula is C23H28N6O2. The molecule has 3 aromatic rings. The summed E-state index contributed by atoms with van der Waals surface area (Å²) in [6.45, 7) is 8.01. The number of piperazine rings is 1. The van der Waals surface area contributed by atoms with E-state index < -0.39 is 0 Å². The van der Waals surface area contributed by atoms with Crippen molar-refractivity contribution in [2.75, 3.05) is 44.3 Å². The number of aryl methyl sites for hydroxylation is 1. The number of hydrogen-bond acceptors (Lipinski definition) is 8. The van der Waals surface area contributed by atoms with Gasteiger partial charge in [0.2, 0.25) is 11.8 Å². The van der Waals surface area contributed by atoms with Crippen molar-refractivity contribution in [2.24, 2.45) is 0 Å². The lowest BCUT2D eigenvalue weighted by molar-refractivity contribution is 0.0788. The monoisotopic (exact) mass is 420 g/mol. The van der Waals surface area contributed by atoms with Crippen LogP contribution in [0.1, 0.15) is 36.1 Å². The summed E-state index contributed by atoms with van der Waals surface area (Å²) in [5, 5.41) is 17.5. The first kappa shape index (κ1) is 20.1. The van der Waals surface area contributed by atoms with E-state index in [1.165, 1.54) is 5.56 Å². The summed E-state index contributed by atoms with van der Waals surface area (Å²) in [7, 11) is 0. The van der Waals surface area contributed by atoms with Gasteiger partial charge in [-0.1, -0.05) is 24.3 Å². The molecule has 5 rings (SSSR count). The molecule has 31 heavy (non-hydrogen) atoms. The van der Waals surface area contributed by atoms with Crippen molar-refractivity contribution in [3.05, 3.63) is 53.7 Å². The molecule has 8 nitrogen and oxygen atoms in total. The van der Waals surface area contributed by atoms with Gasteiger partial charge in [0.15, 0.2) is 5.82 Å².